The molecule has 0 spiro atoms. The summed E-state index contributed by atoms with van der Waals surface area (Å²) >= 11 is 0. The summed E-state index contributed by atoms with van der Waals surface area (Å²) in [7, 11) is 0. The van der Waals surface area contributed by atoms with Gasteiger partial charge in [-0.15, -0.1) is 0 Å². The third kappa shape index (κ3) is 3.16. The van der Waals surface area contributed by atoms with E-state index in [1.165, 1.54) is 37.7 Å². The SMILES string of the molecule is CCc1cccc(C(C)C2CCCC(CC)C2)c1. The molecule has 0 saturated heterocycles. The predicted octanol–water partition coefficient (Wildman–Crippen LogP) is 5.57. The summed E-state index contributed by atoms with van der Waals surface area (Å²) in [6.07, 6.45) is 8.33. The highest BCUT2D eigenvalue weighted by atomic mass is 14.3. The molecule has 0 nitrogen and oxygen atoms in total. The van der Waals surface area contributed by atoms with Crippen molar-refractivity contribution < 1.29 is 0 Å². The van der Waals surface area contributed by atoms with Crippen LogP contribution in [-0.2, 0) is 6.42 Å². The summed E-state index contributed by atoms with van der Waals surface area (Å²) in [5.41, 5.74) is 3.05. The first-order valence-electron chi connectivity index (χ1n) is 7.83. The third-order valence-electron chi connectivity index (χ3n) is 4.99. The van der Waals surface area contributed by atoms with Gasteiger partial charge in [-0.1, -0.05) is 64.3 Å². The molecule has 0 N–H and O–H groups in total. The fraction of sp³-hybridized carbons (Fsp3) is 0.667. The van der Waals surface area contributed by atoms with E-state index in [0.717, 1.165) is 24.2 Å². The number of hydrogen-bond donors (Lipinski definition) is 0. The molecule has 1 aromatic rings. The maximum Gasteiger partial charge on any atom is -0.0162 e. The molecule has 0 aliphatic heterocycles. The van der Waals surface area contributed by atoms with E-state index in [1.54, 1.807) is 5.56 Å². The smallest absolute Gasteiger partial charge is 0.0162 e. The first-order valence-corrected chi connectivity index (χ1v) is 7.83. The quantitative estimate of drug-likeness (QED) is 0.649. The first kappa shape index (κ1) is 13.6. The number of rotatable bonds is 4. The molecule has 18 heavy (non-hydrogen) atoms. The molecular formula is C18H28. The molecule has 3 atom stereocenters. The molecule has 2 rings (SSSR count). The van der Waals surface area contributed by atoms with Crippen molar-refractivity contribution in [1.82, 2.24) is 0 Å². The molecule has 1 aliphatic rings. The molecular weight excluding hydrogens is 216 g/mol. The lowest BCUT2D eigenvalue weighted by Crippen LogP contribution is -2.20. The van der Waals surface area contributed by atoms with Crippen molar-refractivity contribution in [2.75, 3.05) is 0 Å². The summed E-state index contributed by atoms with van der Waals surface area (Å²) in [6, 6.07) is 9.26. The Morgan fingerprint density at radius 3 is 2.78 bits per heavy atom. The van der Waals surface area contributed by atoms with E-state index >= 15 is 0 Å². The topological polar surface area (TPSA) is 0 Å². The van der Waals surface area contributed by atoms with Crippen molar-refractivity contribution in [3.63, 3.8) is 0 Å². The van der Waals surface area contributed by atoms with Crippen LogP contribution in [0.2, 0.25) is 0 Å². The van der Waals surface area contributed by atoms with E-state index in [4.69, 9.17) is 0 Å². The first-order chi connectivity index (χ1) is 8.74. The van der Waals surface area contributed by atoms with Crippen LogP contribution in [0.3, 0.4) is 0 Å². The van der Waals surface area contributed by atoms with Gasteiger partial charge in [-0.2, -0.15) is 0 Å². The maximum absolute atomic E-state index is 2.44. The molecule has 0 heterocycles. The third-order valence-corrected chi connectivity index (χ3v) is 4.99. The summed E-state index contributed by atoms with van der Waals surface area (Å²) < 4.78 is 0. The lowest BCUT2D eigenvalue weighted by atomic mass is 9.73. The molecule has 0 heteroatoms. The Bertz CT molecular complexity index is 366. The number of hydrogen-bond acceptors (Lipinski definition) is 0. The second-order valence-corrected chi connectivity index (χ2v) is 6.09. The van der Waals surface area contributed by atoms with E-state index in [0.29, 0.717) is 0 Å². The Balaban J connectivity index is 2.07. The van der Waals surface area contributed by atoms with Gasteiger partial charge in [0.25, 0.3) is 0 Å². The fourth-order valence-corrected chi connectivity index (χ4v) is 3.53. The summed E-state index contributed by atoms with van der Waals surface area (Å²) in [6.45, 7) is 7.05. The lowest BCUT2D eigenvalue weighted by molar-refractivity contribution is 0.235. The molecule has 1 saturated carbocycles. The highest BCUT2D eigenvalue weighted by Crippen LogP contribution is 2.39. The van der Waals surface area contributed by atoms with E-state index in [9.17, 15) is 0 Å². The van der Waals surface area contributed by atoms with Crippen LogP contribution in [0.1, 0.15) is 69.9 Å². The van der Waals surface area contributed by atoms with Gasteiger partial charge in [0.15, 0.2) is 0 Å². The van der Waals surface area contributed by atoms with E-state index in [1.807, 2.05) is 0 Å². The van der Waals surface area contributed by atoms with Crippen LogP contribution >= 0.6 is 0 Å². The van der Waals surface area contributed by atoms with Gasteiger partial charge in [0, 0.05) is 0 Å². The molecule has 1 aliphatic carbocycles. The molecule has 100 valence electrons. The number of aryl methyl sites for hydroxylation is 1. The van der Waals surface area contributed by atoms with Crippen LogP contribution in [0, 0.1) is 11.8 Å². The monoisotopic (exact) mass is 244 g/mol. The van der Waals surface area contributed by atoms with Gasteiger partial charge >= 0.3 is 0 Å². The number of benzene rings is 1. The van der Waals surface area contributed by atoms with Gasteiger partial charge in [0.2, 0.25) is 0 Å². The zero-order chi connectivity index (χ0) is 13.0. The van der Waals surface area contributed by atoms with Crippen LogP contribution in [0.5, 0.6) is 0 Å². The Morgan fingerprint density at radius 2 is 2.06 bits per heavy atom. The average Bonchev–Trinajstić information content (AvgIpc) is 2.46. The second-order valence-electron chi connectivity index (χ2n) is 6.09. The van der Waals surface area contributed by atoms with Crippen molar-refractivity contribution >= 4 is 0 Å². The van der Waals surface area contributed by atoms with Crippen molar-refractivity contribution in [2.45, 2.75) is 65.2 Å². The van der Waals surface area contributed by atoms with E-state index in [2.05, 4.69) is 45.0 Å². The molecule has 0 aromatic heterocycles. The van der Waals surface area contributed by atoms with Crippen molar-refractivity contribution in [2.24, 2.45) is 11.8 Å². The highest BCUT2D eigenvalue weighted by Gasteiger charge is 2.25. The lowest BCUT2D eigenvalue weighted by Gasteiger charge is -2.33. The van der Waals surface area contributed by atoms with Gasteiger partial charge in [-0.25, -0.2) is 0 Å². The molecule has 1 aromatic carbocycles. The Hall–Kier alpha value is -0.780. The molecule has 0 bridgehead atoms. The second kappa shape index (κ2) is 6.41. The van der Waals surface area contributed by atoms with Crippen LogP contribution in [0.25, 0.3) is 0 Å². The van der Waals surface area contributed by atoms with Gasteiger partial charge in [-0.05, 0) is 48.1 Å². The fourth-order valence-electron chi connectivity index (χ4n) is 3.53. The van der Waals surface area contributed by atoms with Crippen molar-refractivity contribution in [1.29, 1.82) is 0 Å². The van der Waals surface area contributed by atoms with Crippen molar-refractivity contribution in [3.05, 3.63) is 35.4 Å². The minimum Gasteiger partial charge on any atom is -0.0651 e. The summed E-state index contributed by atoms with van der Waals surface area (Å²) in [5.74, 6) is 2.64. The largest absolute Gasteiger partial charge is 0.0651 e. The van der Waals surface area contributed by atoms with Gasteiger partial charge in [0.1, 0.15) is 0 Å². The molecule has 0 amide bonds. The Morgan fingerprint density at radius 1 is 1.22 bits per heavy atom. The van der Waals surface area contributed by atoms with Crippen LogP contribution in [0.4, 0.5) is 0 Å². The summed E-state index contributed by atoms with van der Waals surface area (Å²) in [4.78, 5) is 0. The van der Waals surface area contributed by atoms with Crippen LogP contribution < -0.4 is 0 Å². The molecule has 3 unspecified atom stereocenters. The van der Waals surface area contributed by atoms with Crippen LogP contribution in [0.15, 0.2) is 24.3 Å². The summed E-state index contributed by atoms with van der Waals surface area (Å²) in [5, 5.41) is 0. The van der Waals surface area contributed by atoms with Gasteiger partial charge in [-0.3, -0.25) is 0 Å². The maximum atomic E-state index is 2.44. The Labute approximate surface area is 113 Å². The van der Waals surface area contributed by atoms with Gasteiger partial charge < -0.3 is 0 Å². The average molecular weight is 244 g/mol. The van der Waals surface area contributed by atoms with E-state index < -0.39 is 0 Å². The Kier molecular flexibility index (Phi) is 4.86. The van der Waals surface area contributed by atoms with Gasteiger partial charge in [0.05, 0.1) is 0 Å². The zero-order valence-electron chi connectivity index (χ0n) is 12.3. The zero-order valence-corrected chi connectivity index (χ0v) is 12.3. The highest BCUT2D eigenvalue weighted by molar-refractivity contribution is 5.26. The normalized spacial score (nSPS) is 25.9. The predicted molar refractivity (Wildman–Crippen MR) is 80.0 cm³/mol. The standard InChI is InChI=1S/C18H28/c1-4-15-8-6-10-17(12-15)14(3)18-11-7-9-16(5-2)13-18/h6,8,10,12,14,16,18H,4-5,7,9,11,13H2,1-3H3. The van der Waals surface area contributed by atoms with Crippen molar-refractivity contribution in [3.8, 4) is 0 Å². The minimum absolute atomic E-state index is 0.742. The molecule has 0 radical (unpaired) electrons. The van der Waals surface area contributed by atoms with Crippen LogP contribution in [-0.4, -0.2) is 0 Å². The minimum atomic E-state index is 0.742. The van der Waals surface area contributed by atoms with E-state index in [-0.39, 0.29) is 0 Å². The molecule has 1 fully saturated rings.